The van der Waals surface area contributed by atoms with E-state index >= 15 is 0 Å². The average molecular weight is 221 g/mol. The summed E-state index contributed by atoms with van der Waals surface area (Å²) in [6, 6.07) is 0. The van der Waals surface area contributed by atoms with Crippen LogP contribution in [0.4, 0.5) is 0 Å². The number of nitrogens with zero attached hydrogens (tertiary/aromatic N) is 1. The zero-order valence-electron chi connectivity index (χ0n) is 9.00. The summed E-state index contributed by atoms with van der Waals surface area (Å²) in [6.07, 6.45) is 8.48. The highest BCUT2D eigenvalue weighted by atomic mass is 16.4. The lowest BCUT2D eigenvalue weighted by Gasteiger charge is -2.16. The molecule has 0 aliphatic carbocycles. The van der Waals surface area contributed by atoms with E-state index in [4.69, 9.17) is 5.11 Å². The number of amides is 1. The molecule has 0 radical (unpaired) electrons. The predicted molar refractivity (Wildman–Crippen MR) is 62.9 cm³/mol. The SMILES string of the molecule is C=CC=CCN(CC=C)C(=O)C=CC(=O)O. The van der Waals surface area contributed by atoms with Gasteiger partial charge in [0.25, 0.3) is 0 Å². The largest absolute Gasteiger partial charge is 0.478 e. The number of carbonyl (C=O) groups is 2. The van der Waals surface area contributed by atoms with Crippen molar-refractivity contribution in [1.82, 2.24) is 4.90 Å². The molecule has 0 heterocycles. The van der Waals surface area contributed by atoms with E-state index in [1.807, 2.05) is 0 Å². The minimum atomic E-state index is -1.14. The third kappa shape index (κ3) is 6.37. The van der Waals surface area contributed by atoms with Crippen LogP contribution in [0.25, 0.3) is 0 Å². The molecule has 1 amide bonds. The molecule has 16 heavy (non-hydrogen) atoms. The molecule has 4 heteroatoms. The molecule has 0 saturated heterocycles. The summed E-state index contributed by atoms with van der Waals surface area (Å²) in [5, 5.41) is 8.38. The molecule has 0 unspecified atom stereocenters. The number of hydrogen-bond donors (Lipinski definition) is 1. The first-order valence-corrected chi connectivity index (χ1v) is 4.70. The highest BCUT2D eigenvalue weighted by molar-refractivity contribution is 5.94. The maximum absolute atomic E-state index is 11.5. The Morgan fingerprint density at radius 2 is 1.88 bits per heavy atom. The first-order chi connectivity index (χ1) is 7.61. The monoisotopic (exact) mass is 221 g/mol. The number of carboxylic acid groups (broad SMARTS) is 1. The van der Waals surface area contributed by atoms with E-state index in [1.54, 1.807) is 24.3 Å². The van der Waals surface area contributed by atoms with E-state index in [0.717, 1.165) is 12.2 Å². The number of allylic oxidation sites excluding steroid dienone is 2. The number of carbonyl (C=O) groups excluding carboxylic acids is 1. The molecule has 0 spiro atoms. The number of rotatable bonds is 7. The lowest BCUT2D eigenvalue weighted by molar-refractivity contribution is -0.132. The van der Waals surface area contributed by atoms with Crippen LogP contribution in [-0.2, 0) is 9.59 Å². The summed E-state index contributed by atoms with van der Waals surface area (Å²) in [5.74, 6) is -1.51. The van der Waals surface area contributed by atoms with E-state index in [1.165, 1.54) is 4.90 Å². The average Bonchev–Trinajstić information content (AvgIpc) is 2.25. The number of carboxylic acids is 1. The van der Waals surface area contributed by atoms with Crippen LogP contribution < -0.4 is 0 Å². The van der Waals surface area contributed by atoms with Gasteiger partial charge in [0, 0.05) is 25.2 Å². The molecular formula is C12H15NO3. The third-order valence-corrected chi connectivity index (χ3v) is 1.63. The molecule has 0 aliphatic heterocycles. The van der Waals surface area contributed by atoms with Gasteiger partial charge in [0.15, 0.2) is 0 Å². The normalized spacial score (nSPS) is 10.5. The molecule has 0 aromatic heterocycles. The van der Waals surface area contributed by atoms with Crippen molar-refractivity contribution in [3.8, 4) is 0 Å². The van der Waals surface area contributed by atoms with Gasteiger partial charge in [0.05, 0.1) is 0 Å². The third-order valence-electron chi connectivity index (χ3n) is 1.63. The smallest absolute Gasteiger partial charge is 0.328 e. The summed E-state index contributed by atoms with van der Waals surface area (Å²) in [5.41, 5.74) is 0. The summed E-state index contributed by atoms with van der Waals surface area (Å²) in [7, 11) is 0. The molecule has 0 bridgehead atoms. The second kappa shape index (κ2) is 8.23. The zero-order chi connectivity index (χ0) is 12.4. The van der Waals surface area contributed by atoms with Gasteiger partial charge in [-0.3, -0.25) is 4.79 Å². The van der Waals surface area contributed by atoms with Crippen LogP contribution in [0.5, 0.6) is 0 Å². The van der Waals surface area contributed by atoms with Crippen LogP contribution in [0.1, 0.15) is 0 Å². The molecule has 0 fully saturated rings. The Labute approximate surface area is 94.9 Å². The van der Waals surface area contributed by atoms with Crippen LogP contribution in [0.3, 0.4) is 0 Å². The Kier molecular flexibility index (Phi) is 7.15. The van der Waals surface area contributed by atoms with Crippen molar-refractivity contribution in [2.45, 2.75) is 0 Å². The highest BCUT2D eigenvalue weighted by Gasteiger charge is 2.06. The lowest BCUT2D eigenvalue weighted by atomic mass is 10.3. The van der Waals surface area contributed by atoms with Crippen LogP contribution >= 0.6 is 0 Å². The quantitative estimate of drug-likeness (QED) is 0.401. The summed E-state index contributed by atoms with van der Waals surface area (Å²) < 4.78 is 0. The van der Waals surface area contributed by atoms with Gasteiger partial charge in [-0.05, 0) is 0 Å². The Morgan fingerprint density at radius 3 is 2.38 bits per heavy atom. The topological polar surface area (TPSA) is 57.6 Å². The Hall–Kier alpha value is -2.10. The minimum absolute atomic E-state index is 0.365. The van der Waals surface area contributed by atoms with Crippen molar-refractivity contribution >= 4 is 11.9 Å². The van der Waals surface area contributed by atoms with Gasteiger partial charge in [0.1, 0.15) is 0 Å². The molecule has 1 N–H and O–H groups in total. The number of hydrogen-bond acceptors (Lipinski definition) is 2. The Bertz CT molecular complexity index is 329. The number of aliphatic carboxylic acids is 1. The van der Waals surface area contributed by atoms with Gasteiger partial charge in [-0.15, -0.1) is 6.58 Å². The molecule has 0 saturated carbocycles. The van der Waals surface area contributed by atoms with Crippen LogP contribution in [0.15, 0.2) is 49.6 Å². The van der Waals surface area contributed by atoms with Gasteiger partial charge >= 0.3 is 5.97 Å². The first-order valence-electron chi connectivity index (χ1n) is 4.70. The molecule has 0 atom stereocenters. The first kappa shape index (κ1) is 13.9. The van der Waals surface area contributed by atoms with Crippen molar-refractivity contribution in [2.24, 2.45) is 0 Å². The molecule has 4 nitrogen and oxygen atoms in total. The van der Waals surface area contributed by atoms with Crippen molar-refractivity contribution in [2.75, 3.05) is 13.1 Å². The highest BCUT2D eigenvalue weighted by Crippen LogP contribution is 1.93. The maximum atomic E-state index is 11.5. The predicted octanol–water partition coefficient (Wildman–Crippen LogP) is 1.38. The molecule has 0 rings (SSSR count). The molecule has 0 aliphatic rings. The van der Waals surface area contributed by atoms with Crippen molar-refractivity contribution in [3.05, 3.63) is 49.6 Å². The van der Waals surface area contributed by atoms with Crippen molar-refractivity contribution in [1.29, 1.82) is 0 Å². The summed E-state index contributed by atoms with van der Waals surface area (Å²) in [4.78, 5) is 23.2. The summed E-state index contributed by atoms with van der Waals surface area (Å²) >= 11 is 0. The minimum Gasteiger partial charge on any atom is -0.478 e. The fourth-order valence-corrected chi connectivity index (χ4v) is 0.943. The Balaban J connectivity index is 4.44. The molecular weight excluding hydrogens is 206 g/mol. The van der Waals surface area contributed by atoms with E-state index in [0.29, 0.717) is 13.1 Å². The van der Waals surface area contributed by atoms with Gasteiger partial charge in [-0.1, -0.05) is 30.9 Å². The maximum Gasteiger partial charge on any atom is 0.328 e. The fraction of sp³-hybridized carbons (Fsp3) is 0.167. The van der Waals surface area contributed by atoms with Crippen molar-refractivity contribution in [3.63, 3.8) is 0 Å². The van der Waals surface area contributed by atoms with Gasteiger partial charge in [-0.25, -0.2) is 4.79 Å². The second-order valence-corrected chi connectivity index (χ2v) is 2.87. The standard InChI is InChI=1S/C12H15NO3/c1-3-5-6-10-13(9-4-2)11(14)7-8-12(15)16/h3-8H,1-2,9-10H2,(H,15,16). The van der Waals surface area contributed by atoms with Gasteiger partial charge in [0.2, 0.25) is 5.91 Å². The van der Waals surface area contributed by atoms with Crippen LogP contribution in [-0.4, -0.2) is 35.0 Å². The van der Waals surface area contributed by atoms with Crippen molar-refractivity contribution < 1.29 is 14.7 Å². The van der Waals surface area contributed by atoms with E-state index in [-0.39, 0.29) is 5.91 Å². The van der Waals surface area contributed by atoms with Crippen LogP contribution in [0.2, 0.25) is 0 Å². The Morgan fingerprint density at radius 1 is 1.19 bits per heavy atom. The zero-order valence-corrected chi connectivity index (χ0v) is 9.00. The van der Waals surface area contributed by atoms with Gasteiger partial charge in [-0.2, -0.15) is 0 Å². The fourth-order valence-electron chi connectivity index (χ4n) is 0.943. The molecule has 0 aromatic carbocycles. The lowest BCUT2D eigenvalue weighted by Crippen LogP contribution is -2.29. The molecule has 0 aromatic rings. The van der Waals surface area contributed by atoms with Crippen LogP contribution in [0, 0.1) is 0 Å². The second-order valence-electron chi connectivity index (χ2n) is 2.87. The summed E-state index contributed by atoms with van der Waals surface area (Å²) in [6.45, 7) is 7.79. The van der Waals surface area contributed by atoms with Gasteiger partial charge < -0.3 is 10.0 Å². The van der Waals surface area contributed by atoms with E-state index in [2.05, 4.69) is 13.2 Å². The van der Waals surface area contributed by atoms with E-state index < -0.39 is 5.97 Å². The van der Waals surface area contributed by atoms with E-state index in [9.17, 15) is 9.59 Å². The molecule has 86 valence electrons.